The van der Waals surface area contributed by atoms with Gasteiger partial charge in [-0.2, -0.15) is 0 Å². The Hall–Kier alpha value is -8.38. The summed E-state index contributed by atoms with van der Waals surface area (Å²) < 4.78 is 12.3. The van der Waals surface area contributed by atoms with E-state index >= 15 is 0 Å². The van der Waals surface area contributed by atoms with Crippen molar-refractivity contribution >= 4 is 92.3 Å². The third-order valence-corrected chi connectivity index (χ3v) is 14.7. The highest BCUT2D eigenvalue weighted by Crippen LogP contribution is 2.48. The lowest BCUT2D eigenvalue weighted by Crippen LogP contribution is -2.23. The molecule has 0 spiro atoms. The minimum Gasteiger partial charge on any atom is -0.454 e. The summed E-state index contributed by atoms with van der Waals surface area (Å²) in [5.74, 6) is 0. The van der Waals surface area contributed by atoms with Gasteiger partial charge in [0.2, 0.25) is 0 Å². The third-order valence-electron chi connectivity index (χ3n) is 13.6. The van der Waals surface area contributed by atoms with E-state index in [1.165, 1.54) is 58.8 Å². The van der Waals surface area contributed by atoms with E-state index in [9.17, 15) is 0 Å². The Morgan fingerprint density at radius 2 is 1.11 bits per heavy atom. The zero-order valence-electron chi connectivity index (χ0n) is 35.7. The number of nitrogens with one attached hydrogen (secondary N) is 1. The summed E-state index contributed by atoms with van der Waals surface area (Å²) in [6.07, 6.45) is -0.0664. The van der Waals surface area contributed by atoms with Gasteiger partial charge in [-0.1, -0.05) is 152 Å². The van der Waals surface area contributed by atoms with Gasteiger partial charge in [-0.25, -0.2) is 0 Å². The number of thiophene rings is 1. The van der Waals surface area contributed by atoms with Crippen LogP contribution >= 0.6 is 11.3 Å². The van der Waals surface area contributed by atoms with Crippen LogP contribution in [0.1, 0.15) is 11.7 Å². The molecule has 0 aliphatic carbocycles. The molecule has 0 saturated carbocycles. The second-order valence-corrected chi connectivity index (χ2v) is 18.4. The first-order valence-corrected chi connectivity index (χ1v) is 23.3. The number of hydrogen-bond donors (Lipinski definition) is 1. The van der Waals surface area contributed by atoms with E-state index in [-0.39, 0.29) is 6.17 Å². The van der Waals surface area contributed by atoms with Crippen LogP contribution in [0.3, 0.4) is 0 Å². The molecule has 3 aromatic heterocycles. The molecule has 1 aliphatic heterocycles. The van der Waals surface area contributed by atoms with Gasteiger partial charge in [0.25, 0.3) is 0 Å². The number of nitrogens with zero attached hydrogens (tertiary/aromatic N) is 2. The van der Waals surface area contributed by atoms with Crippen molar-refractivity contribution < 1.29 is 4.42 Å². The predicted molar refractivity (Wildman–Crippen MR) is 279 cm³/mol. The number of aromatic nitrogens is 1. The van der Waals surface area contributed by atoms with Gasteiger partial charge in [-0.05, 0) is 112 Å². The average molecular weight is 862 g/mol. The molecule has 0 bridgehead atoms. The fraction of sp³-hybridized carbons (Fsp3) is 0.0164. The smallest absolute Gasteiger partial charge is 0.159 e. The highest BCUT2D eigenvalue weighted by atomic mass is 32.1. The molecular formula is C61H39N3OS. The Balaban J connectivity index is 0.975. The van der Waals surface area contributed by atoms with E-state index in [0.29, 0.717) is 0 Å². The molecule has 10 aromatic carbocycles. The van der Waals surface area contributed by atoms with Crippen LogP contribution < -0.4 is 10.2 Å². The van der Waals surface area contributed by atoms with E-state index in [0.717, 1.165) is 66.8 Å². The number of fused-ring (bicyclic) bond motifs is 10. The van der Waals surface area contributed by atoms with Crippen molar-refractivity contribution in [2.45, 2.75) is 6.17 Å². The van der Waals surface area contributed by atoms with Crippen molar-refractivity contribution in [3.63, 3.8) is 0 Å². The minimum atomic E-state index is -0.0664. The van der Waals surface area contributed by atoms with Crippen molar-refractivity contribution in [3.8, 4) is 39.1 Å². The molecule has 1 unspecified atom stereocenters. The molecule has 14 rings (SSSR count). The first-order valence-electron chi connectivity index (χ1n) is 22.5. The van der Waals surface area contributed by atoms with Crippen LogP contribution in [0.25, 0.3) is 103 Å². The zero-order chi connectivity index (χ0) is 43.3. The molecule has 13 aromatic rings. The van der Waals surface area contributed by atoms with Gasteiger partial charge >= 0.3 is 0 Å². The number of anilines is 3. The highest BCUT2D eigenvalue weighted by Gasteiger charge is 2.31. The van der Waals surface area contributed by atoms with E-state index in [2.05, 4.69) is 239 Å². The molecule has 1 atom stereocenters. The topological polar surface area (TPSA) is 33.3 Å². The van der Waals surface area contributed by atoms with Gasteiger partial charge < -0.3 is 19.2 Å². The van der Waals surface area contributed by atoms with Crippen molar-refractivity contribution in [3.05, 3.63) is 230 Å². The van der Waals surface area contributed by atoms with Gasteiger partial charge in [-0.15, -0.1) is 11.3 Å². The fourth-order valence-electron chi connectivity index (χ4n) is 10.5. The second-order valence-electron chi connectivity index (χ2n) is 17.3. The van der Waals surface area contributed by atoms with E-state index in [1.807, 2.05) is 11.3 Å². The Kier molecular flexibility index (Phi) is 8.18. The Labute approximate surface area is 384 Å². The summed E-state index contributed by atoms with van der Waals surface area (Å²) in [5, 5.41) is 11.1. The molecule has 0 fully saturated rings. The highest BCUT2D eigenvalue weighted by molar-refractivity contribution is 7.25. The maximum absolute atomic E-state index is 7.25. The van der Waals surface area contributed by atoms with Crippen molar-refractivity contribution in [2.24, 2.45) is 0 Å². The van der Waals surface area contributed by atoms with Gasteiger partial charge in [0.05, 0.1) is 28.1 Å². The maximum atomic E-state index is 7.25. The summed E-state index contributed by atoms with van der Waals surface area (Å²) in [6.45, 7) is 0. The summed E-state index contributed by atoms with van der Waals surface area (Å²) in [5.41, 5.74) is 16.6. The molecule has 1 N–H and O–H groups in total. The van der Waals surface area contributed by atoms with Crippen LogP contribution in [-0.4, -0.2) is 4.57 Å². The van der Waals surface area contributed by atoms with Crippen LogP contribution in [0, 0.1) is 0 Å². The number of benzene rings is 10. The normalized spacial score (nSPS) is 13.7. The lowest BCUT2D eigenvalue weighted by molar-refractivity contribution is 0.666. The molecule has 0 radical (unpaired) electrons. The van der Waals surface area contributed by atoms with Crippen molar-refractivity contribution in [1.29, 1.82) is 0 Å². The third kappa shape index (κ3) is 5.70. The summed E-state index contributed by atoms with van der Waals surface area (Å²) in [7, 11) is 0. The van der Waals surface area contributed by atoms with Gasteiger partial charge in [-0.3, -0.25) is 0 Å². The Bertz CT molecular complexity index is 4030. The standard InChI is InChI=1S/C61H39N3OS/c1-3-15-38(16-4-1)41-17-13-18-42(33-41)43-34-48(39-29-31-40(32-30-39)61-62-51-24-9-11-26-53(51)63(61)44-19-5-2-6-20-44)59-47-23-14-27-54(60(47)65-56(59)35-43)64-52-25-10-7-21-45(52)49-36-50-46-22-8-12-28-57(46)66-58(50)37-55(49)64/h1-37,61-62H. The molecule has 1 aliphatic rings. The number of furan rings is 1. The minimum absolute atomic E-state index is 0.0664. The SMILES string of the molecule is c1ccc(-c2cccc(-c3cc(-c4ccc(C5Nc6ccccc6N5c5ccccc5)cc4)c4c(c3)oc3c(-n5c6ccccc6c6cc7c(cc65)sc5ccccc57)cccc34)c2)cc1. The summed E-state index contributed by atoms with van der Waals surface area (Å²) in [6, 6.07) is 81.4. The molecule has 66 heavy (non-hydrogen) atoms. The molecule has 4 nitrogen and oxygen atoms in total. The fourth-order valence-corrected chi connectivity index (χ4v) is 11.7. The average Bonchev–Trinajstić information content (AvgIpc) is 4.15. The van der Waals surface area contributed by atoms with Crippen LogP contribution in [0.4, 0.5) is 17.1 Å². The Morgan fingerprint density at radius 3 is 1.97 bits per heavy atom. The monoisotopic (exact) mass is 861 g/mol. The largest absolute Gasteiger partial charge is 0.454 e. The summed E-state index contributed by atoms with van der Waals surface area (Å²) in [4.78, 5) is 2.40. The maximum Gasteiger partial charge on any atom is 0.159 e. The molecule has 5 heteroatoms. The van der Waals surface area contributed by atoms with E-state index in [1.54, 1.807) is 0 Å². The first-order chi connectivity index (χ1) is 32.7. The quantitative estimate of drug-likeness (QED) is 0.181. The Morgan fingerprint density at radius 1 is 0.424 bits per heavy atom. The zero-order valence-corrected chi connectivity index (χ0v) is 36.5. The molecule has 4 heterocycles. The molecule has 0 saturated heterocycles. The van der Waals surface area contributed by atoms with Gasteiger partial charge in [0, 0.05) is 47.4 Å². The van der Waals surface area contributed by atoms with Crippen LogP contribution in [0.2, 0.25) is 0 Å². The number of hydrogen-bond acceptors (Lipinski definition) is 4. The van der Waals surface area contributed by atoms with Crippen molar-refractivity contribution in [1.82, 2.24) is 4.57 Å². The van der Waals surface area contributed by atoms with Crippen LogP contribution in [0.5, 0.6) is 0 Å². The van der Waals surface area contributed by atoms with E-state index < -0.39 is 0 Å². The van der Waals surface area contributed by atoms with Crippen LogP contribution in [0.15, 0.2) is 229 Å². The number of rotatable bonds is 6. The summed E-state index contributed by atoms with van der Waals surface area (Å²) >= 11 is 1.86. The lowest BCUT2D eigenvalue weighted by atomic mass is 9.92. The lowest BCUT2D eigenvalue weighted by Gasteiger charge is -2.27. The predicted octanol–water partition coefficient (Wildman–Crippen LogP) is 17.3. The van der Waals surface area contributed by atoms with Crippen molar-refractivity contribution in [2.75, 3.05) is 10.2 Å². The first kappa shape index (κ1) is 37.0. The molecular weight excluding hydrogens is 823 g/mol. The van der Waals surface area contributed by atoms with Crippen LogP contribution in [-0.2, 0) is 0 Å². The molecule has 0 amide bonds. The second kappa shape index (κ2) is 14.6. The van der Waals surface area contributed by atoms with Gasteiger partial charge in [0.15, 0.2) is 5.58 Å². The van der Waals surface area contributed by atoms with E-state index in [4.69, 9.17) is 4.42 Å². The molecule has 310 valence electrons. The number of para-hydroxylation sites is 5. The van der Waals surface area contributed by atoms with Gasteiger partial charge in [0.1, 0.15) is 11.7 Å².